The largest absolute Gasteiger partial charge is 2.00 e. The molecule has 26 heavy (non-hydrogen) atoms. The van der Waals surface area contributed by atoms with E-state index in [1.807, 2.05) is 6.92 Å². The zero-order chi connectivity index (χ0) is 18.2. The average Bonchev–Trinajstić information content (AvgIpc) is 2.55. The topological polar surface area (TPSA) is 120 Å². The first-order valence-corrected chi connectivity index (χ1v) is 8.65. The van der Waals surface area contributed by atoms with Crippen LogP contribution in [0.15, 0.2) is 63.7 Å². The first kappa shape index (κ1) is 20.1. The van der Waals surface area contributed by atoms with Gasteiger partial charge in [0, 0.05) is 16.8 Å². The Labute approximate surface area is 165 Å². The molecule has 128 valence electrons. The van der Waals surface area contributed by atoms with E-state index >= 15 is 0 Å². The number of benzene rings is 3. The zero-order valence-corrected chi connectivity index (χ0v) is 16.0. The Morgan fingerprint density at radius 1 is 0.885 bits per heavy atom. The molecule has 0 saturated heterocycles. The predicted octanol–water partition coefficient (Wildman–Crippen LogP) is 3.84. The van der Waals surface area contributed by atoms with Crippen molar-refractivity contribution in [3.8, 4) is 11.5 Å². The van der Waals surface area contributed by atoms with Crippen LogP contribution in [0.2, 0.25) is 0 Å². The Morgan fingerprint density at radius 2 is 1.54 bits per heavy atom. The molecule has 0 aliphatic carbocycles. The van der Waals surface area contributed by atoms with Crippen LogP contribution in [-0.2, 0) is 10.1 Å². The summed E-state index contributed by atoms with van der Waals surface area (Å²) in [5.74, 6) is -0.532. The van der Waals surface area contributed by atoms with Gasteiger partial charge >= 0.3 is 23.1 Å². The van der Waals surface area contributed by atoms with Crippen molar-refractivity contribution in [3.63, 3.8) is 0 Å². The van der Waals surface area contributed by atoms with E-state index < -0.39 is 20.8 Å². The van der Waals surface area contributed by atoms with Crippen LogP contribution < -0.4 is 0 Å². The number of hydrogen-bond donors (Lipinski definition) is 3. The van der Waals surface area contributed by atoms with Crippen molar-refractivity contribution in [1.82, 2.24) is 0 Å². The zero-order valence-electron chi connectivity index (χ0n) is 13.8. The molecule has 0 fully saturated rings. The van der Waals surface area contributed by atoms with Crippen molar-refractivity contribution in [3.05, 3.63) is 54.1 Å². The van der Waals surface area contributed by atoms with Gasteiger partial charge in [0.15, 0.2) is 0 Å². The third-order valence-electron chi connectivity index (χ3n) is 3.62. The van der Waals surface area contributed by atoms with E-state index in [2.05, 4.69) is 10.2 Å². The van der Waals surface area contributed by atoms with E-state index in [9.17, 15) is 23.2 Å². The molecule has 3 rings (SSSR count). The molecular weight excluding hydrogens is 369 g/mol. The second-order valence-corrected chi connectivity index (χ2v) is 6.85. The molecule has 0 aliphatic heterocycles. The first-order valence-electron chi connectivity index (χ1n) is 7.21. The van der Waals surface area contributed by atoms with E-state index in [1.165, 1.54) is 12.1 Å². The van der Waals surface area contributed by atoms with Crippen molar-refractivity contribution in [1.29, 1.82) is 0 Å². The van der Waals surface area contributed by atoms with Gasteiger partial charge in [-0.2, -0.15) is 8.42 Å². The third-order valence-corrected chi connectivity index (χ3v) is 4.52. The summed E-state index contributed by atoms with van der Waals surface area (Å²) in [5.41, 5.74) is 1.11. The molecule has 0 atom stereocenters. The monoisotopic (exact) mass is 382 g/mol. The fourth-order valence-electron chi connectivity index (χ4n) is 2.45. The maximum absolute atomic E-state index is 11.5. The maximum atomic E-state index is 11.5. The Morgan fingerprint density at radius 3 is 2.19 bits per heavy atom. The minimum Gasteiger partial charge on any atom is -0.506 e. The van der Waals surface area contributed by atoms with Gasteiger partial charge in [-0.25, -0.2) is 0 Å². The molecule has 0 saturated carbocycles. The minimum atomic E-state index is -4.52. The number of nitrogens with zero attached hydrogens (tertiary/aromatic N) is 2. The summed E-state index contributed by atoms with van der Waals surface area (Å²) in [7, 11) is -4.52. The third kappa shape index (κ3) is 3.96. The summed E-state index contributed by atoms with van der Waals surface area (Å²) in [6.07, 6.45) is 0. The fourth-order valence-corrected chi connectivity index (χ4v) is 3.17. The van der Waals surface area contributed by atoms with E-state index in [0.717, 1.165) is 11.6 Å². The number of rotatable bonds is 3. The second-order valence-electron chi connectivity index (χ2n) is 5.46. The minimum absolute atomic E-state index is 0. The molecule has 0 unspecified atom stereocenters. The molecule has 0 spiro atoms. The summed E-state index contributed by atoms with van der Waals surface area (Å²) < 4.78 is 32.4. The molecule has 0 aliphatic rings. The Bertz CT molecular complexity index is 1110. The molecule has 3 N–H and O–H groups in total. The van der Waals surface area contributed by atoms with Crippen LogP contribution in [0.1, 0.15) is 5.56 Å². The summed E-state index contributed by atoms with van der Waals surface area (Å²) in [4.78, 5) is -0.419. The normalized spacial score (nSPS) is 11.6. The van der Waals surface area contributed by atoms with Gasteiger partial charge in [0.05, 0.1) is 0 Å². The average molecular weight is 383 g/mol. The van der Waals surface area contributed by atoms with E-state index in [-0.39, 0.29) is 45.6 Å². The van der Waals surface area contributed by atoms with Crippen LogP contribution in [-0.4, -0.2) is 46.2 Å². The number of aromatic hydroxyl groups is 2. The molecule has 0 heterocycles. The van der Waals surface area contributed by atoms with E-state index in [4.69, 9.17) is 0 Å². The van der Waals surface area contributed by atoms with Gasteiger partial charge in [-0.15, -0.1) is 10.2 Å². The van der Waals surface area contributed by atoms with Gasteiger partial charge in [0.25, 0.3) is 10.1 Å². The molecule has 0 radical (unpaired) electrons. The molecule has 3 aromatic rings. The van der Waals surface area contributed by atoms with Crippen LogP contribution in [0.5, 0.6) is 11.5 Å². The number of azo groups is 1. The number of fused-ring (bicyclic) bond motifs is 1. The van der Waals surface area contributed by atoms with Crippen molar-refractivity contribution in [2.75, 3.05) is 0 Å². The number of aryl methyl sites for hydroxylation is 1. The smallest absolute Gasteiger partial charge is 0.506 e. The molecule has 0 amide bonds. The fraction of sp³-hybridized carbons (Fsp3) is 0.0588. The number of phenolic OH excluding ortho intramolecular Hbond substituents is 2. The number of hydrogen-bond acceptors (Lipinski definition) is 6. The Balaban J connectivity index is 0.00000243. The molecule has 9 heteroatoms. The summed E-state index contributed by atoms with van der Waals surface area (Å²) in [5, 5.41) is 28.4. The van der Waals surface area contributed by atoms with Crippen molar-refractivity contribution < 1.29 is 23.2 Å². The molecule has 0 aromatic heterocycles. The van der Waals surface area contributed by atoms with Gasteiger partial charge in [-0.3, -0.25) is 4.55 Å². The first-order chi connectivity index (χ1) is 11.8. The summed E-state index contributed by atoms with van der Waals surface area (Å²) in [6.45, 7) is 1.83. The Hall–Kier alpha value is -2.20. The molecule has 0 bridgehead atoms. The van der Waals surface area contributed by atoms with E-state index in [0.29, 0.717) is 5.39 Å². The standard InChI is InChI=1S/C17H14N2O5S.Mg/c1-10-6-7-14(20)13(8-10)18-19-17-12-5-3-2-4-11(12)16(9-15(17)21)25(22,23)24;/h2-9,20-21H,1H3,(H,22,23,24);/q;+2. The van der Waals surface area contributed by atoms with Gasteiger partial charge in [-0.05, 0) is 24.6 Å². The van der Waals surface area contributed by atoms with Crippen LogP contribution in [0.25, 0.3) is 10.8 Å². The van der Waals surface area contributed by atoms with Gasteiger partial charge in [0.2, 0.25) is 0 Å². The Kier molecular flexibility index (Phi) is 5.86. The van der Waals surface area contributed by atoms with Crippen molar-refractivity contribution in [2.24, 2.45) is 10.2 Å². The molecule has 7 nitrogen and oxygen atoms in total. The van der Waals surface area contributed by atoms with Crippen molar-refractivity contribution >= 4 is 55.3 Å². The summed E-state index contributed by atoms with van der Waals surface area (Å²) >= 11 is 0. The second kappa shape index (κ2) is 7.58. The van der Waals surface area contributed by atoms with Crippen LogP contribution in [0.4, 0.5) is 11.4 Å². The van der Waals surface area contributed by atoms with Crippen LogP contribution >= 0.6 is 0 Å². The molecule has 3 aromatic carbocycles. The maximum Gasteiger partial charge on any atom is 2.00 e. The summed E-state index contributed by atoms with van der Waals surface area (Å²) in [6, 6.07) is 12.0. The van der Waals surface area contributed by atoms with Gasteiger partial charge in [-0.1, -0.05) is 30.3 Å². The number of phenols is 2. The van der Waals surface area contributed by atoms with Crippen LogP contribution in [0, 0.1) is 6.92 Å². The molecular formula is C17H14MgN2O5S+2. The van der Waals surface area contributed by atoms with Gasteiger partial charge < -0.3 is 10.2 Å². The SMILES string of the molecule is Cc1ccc(O)c(N=Nc2c(O)cc(S(=O)(=O)O)c3ccccc23)c1.[Mg+2]. The van der Waals surface area contributed by atoms with Crippen LogP contribution in [0.3, 0.4) is 0 Å². The van der Waals surface area contributed by atoms with E-state index in [1.54, 1.807) is 30.3 Å². The predicted molar refractivity (Wildman–Crippen MR) is 98.2 cm³/mol. The quantitative estimate of drug-likeness (QED) is 0.361. The van der Waals surface area contributed by atoms with Gasteiger partial charge in [0.1, 0.15) is 27.8 Å². The van der Waals surface area contributed by atoms with Crippen molar-refractivity contribution in [2.45, 2.75) is 11.8 Å².